The number of carbonyl (C=O) groups is 2. The summed E-state index contributed by atoms with van der Waals surface area (Å²) >= 11 is 1.38. The second-order valence-electron chi connectivity index (χ2n) is 7.48. The SMILES string of the molecule is CC(C)(C)c1csc(NC(=O)C2CCC(=O)N2Cc2cccc(F)c2)n1. The second kappa shape index (κ2) is 7.15. The molecule has 1 aromatic carbocycles. The topological polar surface area (TPSA) is 62.3 Å². The Hall–Kier alpha value is -2.28. The average molecular weight is 375 g/mol. The van der Waals surface area contributed by atoms with E-state index < -0.39 is 6.04 Å². The van der Waals surface area contributed by atoms with Crippen molar-refractivity contribution in [3.05, 3.63) is 46.7 Å². The van der Waals surface area contributed by atoms with Gasteiger partial charge < -0.3 is 10.2 Å². The van der Waals surface area contributed by atoms with Crippen LogP contribution in [0.25, 0.3) is 0 Å². The van der Waals surface area contributed by atoms with Gasteiger partial charge in [-0.1, -0.05) is 32.9 Å². The molecular weight excluding hydrogens is 353 g/mol. The number of nitrogens with one attached hydrogen (secondary N) is 1. The Balaban J connectivity index is 1.71. The van der Waals surface area contributed by atoms with E-state index in [1.165, 1.54) is 28.4 Å². The number of aromatic nitrogens is 1. The van der Waals surface area contributed by atoms with Crippen LogP contribution in [0, 0.1) is 5.82 Å². The molecule has 0 spiro atoms. The second-order valence-corrected chi connectivity index (χ2v) is 8.34. The zero-order valence-electron chi connectivity index (χ0n) is 15.1. The van der Waals surface area contributed by atoms with Gasteiger partial charge in [0.2, 0.25) is 11.8 Å². The van der Waals surface area contributed by atoms with E-state index in [0.29, 0.717) is 23.5 Å². The molecule has 2 heterocycles. The van der Waals surface area contributed by atoms with Crippen LogP contribution in [-0.2, 0) is 21.5 Å². The average Bonchev–Trinajstić information content (AvgIpc) is 3.15. The summed E-state index contributed by atoms with van der Waals surface area (Å²) in [6, 6.07) is 5.53. The first-order chi connectivity index (χ1) is 12.2. The van der Waals surface area contributed by atoms with Gasteiger partial charge in [0, 0.05) is 23.8 Å². The smallest absolute Gasteiger partial charge is 0.248 e. The van der Waals surface area contributed by atoms with E-state index in [-0.39, 0.29) is 29.6 Å². The predicted octanol–water partition coefficient (Wildman–Crippen LogP) is 3.71. The summed E-state index contributed by atoms with van der Waals surface area (Å²) in [5.41, 5.74) is 1.49. The number of rotatable bonds is 4. The molecule has 0 bridgehead atoms. The van der Waals surface area contributed by atoms with Crippen LogP contribution >= 0.6 is 11.3 Å². The molecule has 3 rings (SSSR count). The highest BCUT2D eigenvalue weighted by Crippen LogP contribution is 2.28. The Morgan fingerprint density at radius 2 is 2.19 bits per heavy atom. The fraction of sp³-hybridized carbons (Fsp3) is 0.421. The van der Waals surface area contributed by atoms with Crippen LogP contribution < -0.4 is 5.32 Å². The lowest BCUT2D eigenvalue weighted by Gasteiger charge is -2.23. The molecule has 26 heavy (non-hydrogen) atoms. The van der Waals surface area contributed by atoms with Crippen LogP contribution in [0.3, 0.4) is 0 Å². The van der Waals surface area contributed by atoms with Gasteiger partial charge in [0.05, 0.1) is 5.69 Å². The van der Waals surface area contributed by atoms with Crippen molar-refractivity contribution >= 4 is 28.3 Å². The van der Waals surface area contributed by atoms with E-state index in [4.69, 9.17) is 0 Å². The Morgan fingerprint density at radius 3 is 2.85 bits per heavy atom. The van der Waals surface area contributed by atoms with Crippen LogP contribution in [0.2, 0.25) is 0 Å². The first-order valence-electron chi connectivity index (χ1n) is 8.55. The van der Waals surface area contributed by atoms with Gasteiger partial charge >= 0.3 is 0 Å². The van der Waals surface area contributed by atoms with Gasteiger partial charge in [-0.15, -0.1) is 11.3 Å². The van der Waals surface area contributed by atoms with Gasteiger partial charge in [0.1, 0.15) is 11.9 Å². The molecule has 1 aliphatic heterocycles. The highest BCUT2D eigenvalue weighted by molar-refractivity contribution is 7.14. The van der Waals surface area contributed by atoms with E-state index in [9.17, 15) is 14.0 Å². The minimum atomic E-state index is -0.562. The molecule has 2 amide bonds. The van der Waals surface area contributed by atoms with Crippen molar-refractivity contribution in [3.8, 4) is 0 Å². The highest BCUT2D eigenvalue weighted by Gasteiger charge is 2.36. The molecule has 1 fully saturated rings. The van der Waals surface area contributed by atoms with Crippen molar-refractivity contribution in [1.29, 1.82) is 0 Å². The number of halogens is 1. The summed E-state index contributed by atoms with van der Waals surface area (Å²) in [6.45, 7) is 6.40. The standard InChI is InChI=1S/C19H22FN3O2S/c1-19(2,3)15-11-26-18(21-15)22-17(25)14-7-8-16(24)23(14)10-12-5-4-6-13(20)9-12/h4-6,9,11,14H,7-8,10H2,1-3H3,(H,21,22,25). The molecule has 1 atom stereocenters. The Bertz CT molecular complexity index is 828. The van der Waals surface area contributed by atoms with E-state index in [0.717, 1.165) is 5.69 Å². The number of amides is 2. The Kier molecular flexibility index (Phi) is 5.09. The number of carbonyl (C=O) groups excluding carboxylic acids is 2. The molecule has 1 aliphatic rings. The molecule has 0 saturated carbocycles. The van der Waals surface area contributed by atoms with Crippen LogP contribution in [0.5, 0.6) is 0 Å². The highest BCUT2D eigenvalue weighted by atomic mass is 32.1. The quantitative estimate of drug-likeness (QED) is 0.886. The van der Waals surface area contributed by atoms with Crippen molar-refractivity contribution in [1.82, 2.24) is 9.88 Å². The van der Waals surface area contributed by atoms with Crippen LogP contribution in [0.15, 0.2) is 29.6 Å². The summed E-state index contributed by atoms with van der Waals surface area (Å²) in [4.78, 5) is 30.9. The van der Waals surface area contributed by atoms with Crippen molar-refractivity contribution < 1.29 is 14.0 Å². The van der Waals surface area contributed by atoms with Gasteiger partial charge in [0.15, 0.2) is 5.13 Å². The van der Waals surface area contributed by atoms with Crippen LogP contribution in [0.1, 0.15) is 44.9 Å². The van der Waals surface area contributed by atoms with E-state index in [1.54, 1.807) is 12.1 Å². The van der Waals surface area contributed by atoms with Gasteiger partial charge in [-0.05, 0) is 24.1 Å². The zero-order chi connectivity index (χ0) is 18.9. The Labute approximate surface area is 156 Å². The number of thiazole rings is 1. The maximum absolute atomic E-state index is 13.4. The van der Waals surface area contributed by atoms with Crippen molar-refractivity contribution in [2.75, 3.05) is 5.32 Å². The maximum atomic E-state index is 13.4. The minimum absolute atomic E-state index is 0.0911. The molecule has 1 unspecified atom stereocenters. The summed E-state index contributed by atoms with van der Waals surface area (Å²) in [5, 5.41) is 5.29. The summed E-state index contributed by atoms with van der Waals surface area (Å²) in [6.07, 6.45) is 0.774. The third-order valence-electron chi connectivity index (χ3n) is 4.38. The fourth-order valence-corrected chi connectivity index (χ4v) is 3.84. The summed E-state index contributed by atoms with van der Waals surface area (Å²) in [7, 11) is 0. The molecule has 0 aliphatic carbocycles. The lowest BCUT2D eigenvalue weighted by Crippen LogP contribution is -2.41. The van der Waals surface area contributed by atoms with Crippen LogP contribution in [0.4, 0.5) is 9.52 Å². The molecule has 5 nitrogen and oxygen atoms in total. The van der Waals surface area contributed by atoms with E-state index >= 15 is 0 Å². The molecule has 2 aromatic rings. The molecule has 0 radical (unpaired) electrons. The van der Waals surface area contributed by atoms with E-state index in [1.807, 2.05) is 5.38 Å². The molecule has 138 valence electrons. The number of benzene rings is 1. The minimum Gasteiger partial charge on any atom is -0.326 e. The monoisotopic (exact) mass is 375 g/mol. The van der Waals surface area contributed by atoms with Crippen molar-refractivity contribution in [2.24, 2.45) is 0 Å². The number of likely N-dealkylation sites (tertiary alicyclic amines) is 1. The molecule has 7 heteroatoms. The molecular formula is C19H22FN3O2S. The van der Waals surface area contributed by atoms with Crippen LogP contribution in [-0.4, -0.2) is 27.7 Å². The number of hydrogen-bond donors (Lipinski definition) is 1. The van der Waals surface area contributed by atoms with Crippen molar-refractivity contribution in [3.63, 3.8) is 0 Å². The zero-order valence-corrected chi connectivity index (χ0v) is 15.9. The van der Waals surface area contributed by atoms with Crippen molar-refractivity contribution in [2.45, 2.75) is 51.6 Å². The van der Waals surface area contributed by atoms with Gasteiger partial charge in [-0.2, -0.15) is 0 Å². The first kappa shape index (κ1) is 18.5. The molecule has 1 saturated heterocycles. The molecule has 1 aromatic heterocycles. The Morgan fingerprint density at radius 1 is 1.42 bits per heavy atom. The number of anilines is 1. The molecule has 1 N–H and O–H groups in total. The largest absolute Gasteiger partial charge is 0.326 e. The fourth-order valence-electron chi connectivity index (χ4n) is 2.90. The summed E-state index contributed by atoms with van der Waals surface area (Å²) < 4.78 is 13.4. The lowest BCUT2D eigenvalue weighted by atomic mass is 9.93. The number of hydrogen-bond acceptors (Lipinski definition) is 4. The first-order valence-corrected chi connectivity index (χ1v) is 9.43. The lowest BCUT2D eigenvalue weighted by molar-refractivity contribution is -0.133. The van der Waals surface area contributed by atoms with Gasteiger partial charge in [-0.3, -0.25) is 9.59 Å². The van der Waals surface area contributed by atoms with Gasteiger partial charge in [-0.25, -0.2) is 9.37 Å². The third kappa shape index (κ3) is 4.09. The van der Waals surface area contributed by atoms with Gasteiger partial charge in [0.25, 0.3) is 0 Å². The van der Waals surface area contributed by atoms with E-state index in [2.05, 4.69) is 31.1 Å². The normalized spacial score (nSPS) is 17.6. The summed E-state index contributed by atoms with van der Waals surface area (Å²) in [5.74, 6) is -0.696. The number of nitrogens with zero attached hydrogens (tertiary/aromatic N) is 2. The maximum Gasteiger partial charge on any atom is 0.248 e. The third-order valence-corrected chi connectivity index (χ3v) is 5.13. The predicted molar refractivity (Wildman–Crippen MR) is 99.4 cm³/mol.